The van der Waals surface area contributed by atoms with Crippen molar-refractivity contribution in [1.82, 2.24) is 0 Å². The monoisotopic (exact) mass is 260 g/mol. The molecule has 19 heavy (non-hydrogen) atoms. The molecule has 2 rings (SSSR count). The Morgan fingerprint density at radius 2 is 1.95 bits per heavy atom. The maximum atomic E-state index is 10.7. The Balaban J connectivity index is 2.15. The van der Waals surface area contributed by atoms with Crippen LogP contribution in [0.15, 0.2) is 42.5 Å². The van der Waals surface area contributed by atoms with E-state index in [2.05, 4.69) is 5.32 Å². The van der Waals surface area contributed by atoms with Crippen LogP contribution in [-0.4, -0.2) is 15.1 Å². The first kappa shape index (κ1) is 12.7. The number of nitro groups is 1. The standard InChI is InChI=1S/C13H12N2O4/c16-12-3-1-2-10(7-12)14-8-9-6-11(15(18)19)4-5-13(9)17/h1-7,14,16-17H,8H2. The van der Waals surface area contributed by atoms with Crippen LogP contribution in [0.2, 0.25) is 0 Å². The number of hydrogen-bond donors (Lipinski definition) is 3. The molecule has 0 aliphatic rings. The maximum absolute atomic E-state index is 10.7. The third-order valence-corrected chi connectivity index (χ3v) is 2.60. The number of phenols is 2. The highest BCUT2D eigenvalue weighted by atomic mass is 16.6. The number of benzene rings is 2. The maximum Gasteiger partial charge on any atom is 0.270 e. The lowest BCUT2D eigenvalue weighted by Crippen LogP contribution is -2.00. The molecule has 0 saturated carbocycles. The summed E-state index contributed by atoms with van der Waals surface area (Å²) < 4.78 is 0. The van der Waals surface area contributed by atoms with Crippen molar-refractivity contribution < 1.29 is 15.1 Å². The van der Waals surface area contributed by atoms with E-state index in [1.54, 1.807) is 12.1 Å². The fraction of sp³-hybridized carbons (Fsp3) is 0.0769. The summed E-state index contributed by atoms with van der Waals surface area (Å²) >= 11 is 0. The second-order valence-electron chi connectivity index (χ2n) is 3.97. The van der Waals surface area contributed by atoms with Gasteiger partial charge in [-0.3, -0.25) is 10.1 Å². The fourth-order valence-corrected chi connectivity index (χ4v) is 1.64. The van der Waals surface area contributed by atoms with Gasteiger partial charge in [-0.1, -0.05) is 6.07 Å². The van der Waals surface area contributed by atoms with Gasteiger partial charge in [0.25, 0.3) is 5.69 Å². The molecule has 0 radical (unpaired) electrons. The summed E-state index contributed by atoms with van der Waals surface area (Å²) in [6.07, 6.45) is 0. The normalized spacial score (nSPS) is 10.1. The zero-order valence-electron chi connectivity index (χ0n) is 9.91. The minimum atomic E-state index is -0.517. The number of rotatable bonds is 4. The summed E-state index contributed by atoms with van der Waals surface area (Å²) in [5.74, 6) is 0.103. The van der Waals surface area contributed by atoms with E-state index in [1.165, 1.54) is 30.3 Å². The van der Waals surface area contributed by atoms with Crippen LogP contribution in [0.5, 0.6) is 11.5 Å². The quantitative estimate of drug-likeness (QED) is 0.580. The first-order valence-corrected chi connectivity index (χ1v) is 5.55. The van der Waals surface area contributed by atoms with Gasteiger partial charge in [0.15, 0.2) is 0 Å². The van der Waals surface area contributed by atoms with Crippen molar-refractivity contribution in [3.05, 3.63) is 58.1 Å². The molecule has 6 nitrogen and oxygen atoms in total. The van der Waals surface area contributed by atoms with Crippen molar-refractivity contribution >= 4 is 11.4 Å². The average Bonchev–Trinajstić information content (AvgIpc) is 2.37. The van der Waals surface area contributed by atoms with E-state index in [4.69, 9.17) is 0 Å². The molecule has 0 saturated heterocycles. The van der Waals surface area contributed by atoms with Crippen LogP contribution in [0.25, 0.3) is 0 Å². The molecule has 0 aromatic heterocycles. The molecule has 0 amide bonds. The van der Waals surface area contributed by atoms with Crippen LogP contribution in [0.3, 0.4) is 0 Å². The SMILES string of the molecule is O=[N+]([O-])c1ccc(O)c(CNc2cccc(O)c2)c1. The van der Waals surface area contributed by atoms with E-state index in [1.807, 2.05) is 0 Å². The van der Waals surface area contributed by atoms with Crippen LogP contribution < -0.4 is 5.32 Å². The van der Waals surface area contributed by atoms with Gasteiger partial charge in [0, 0.05) is 36.0 Å². The Morgan fingerprint density at radius 1 is 1.16 bits per heavy atom. The second kappa shape index (κ2) is 5.26. The van der Waals surface area contributed by atoms with E-state index in [0.717, 1.165) is 0 Å². The number of non-ortho nitro benzene ring substituents is 1. The molecule has 0 fully saturated rings. The molecule has 98 valence electrons. The van der Waals surface area contributed by atoms with Gasteiger partial charge in [0.1, 0.15) is 11.5 Å². The second-order valence-corrected chi connectivity index (χ2v) is 3.97. The molecule has 2 aromatic rings. The van der Waals surface area contributed by atoms with Crippen LogP contribution >= 0.6 is 0 Å². The zero-order valence-corrected chi connectivity index (χ0v) is 9.91. The van der Waals surface area contributed by atoms with Crippen LogP contribution in [0.4, 0.5) is 11.4 Å². The summed E-state index contributed by atoms with van der Waals surface area (Å²) in [4.78, 5) is 10.1. The number of nitro benzene ring substituents is 1. The van der Waals surface area contributed by atoms with Gasteiger partial charge in [0.05, 0.1) is 4.92 Å². The van der Waals surface area contributed by atoms with Gasteiger partial charge in [-0.2, -0.15) is 0 Å². The predicted molar refractivity (Wildman–Crippen MR) is 70.2 cm³/mol. The van der Waals surface area contributed by atoms with E-state index >= 15 is 0 Å². The number of phenolic OH excluding ortho intramolecular Hbond substituents is 2. The Hall–Kier alpha value is -2.76. The number of nitrogens with one attached hydrogen (secondary N) is 1. The van der Waals surface area contributed by atoms with Crippen LogP contribution in [-0.2, 0) is 6.54 Å². The lowest BCUT2D eigenvalue weighted by molar-refractivity contribution is -0.384. The van der Waals surface area contributed by atoms with Gasteiger partial charge >= 0.3 is 0 Å². The molecule has 0 aliphatic heterocycles. The molecule has 0 spiro atoms. The molecular formula is C13H12N2O4. The first-order valence-electron chi connectivity index (χ1n) is 5.55. The van der Waals surface area contributed by atoms with Gasteiger partial charge in [-0.25, -0.2) is 0 Å². The Kier molecular flexibility index (Phi) is 3.51. The van der Waals surface area contributed by atoms with Crippen molar-refractivity contribution in [1.29, 1.82) is 0 Å². The molecule has 0 aliphatic carbocycles. The molecule has 0 heterocycles. The third kappa shape index (κ3) is 3.12. The van der Waals surface area contributed by atoms with Gasteiger partial charge in [0.2, 0.25) is 0 Å². The number of nitrogens with zero attached hydrogens (tertiary/aromatic N) is 1. The predicted octanol–water partition coefficient (Wildman–Crippen LogP) is 2.62. The summed E-state index contributed by atoms with van der Waals surface area (Å²) in [6.45, 7) is 0.219. The molecule has 0 unspecified atom stereocenters. The summed E-state index contributed by atoms with van der Waals surface area (Å²) in [5.41, 5.74) is 0.994. The average molecular weight is 260 g/mol. The molecular weight excluding hydrogens is 248 g/mol. The van der Waals surface area contributed by atoms with Crippen molar-refractivity contribution in [3.63, 3.8) is 0 Å². The van der Waals surface area contributed by atoms with Crippen molar-refractivity contribution in [2.24, 2.45) is 0 Å². The number of aromatic hydroxyl groups is 2. The van der Waals surface area contributed by atoms with E-state index in [9.17, 15) is 20.3 Å². The van der Waals surface area contributed by atoms with Crippen molar-refractivity contribution in [2.75, 3.05) is 5.32 Å². The van der Waals surface area contributed by atoms with Gasteiger partial charge in [-0.05, 0) is 18.2 Å². The first-order chi connectivity index (χ1) is 9.06. The van der Waals surface area contributed by atoms with Gasteiger partial charge < -0.3 is 15.5 Å². The van der Waals surface area contributed by atoms with Crippen molar-refractivity contribution in [3.8, 4) is 11.5 Å². The number of hydrogen-bond acceptors (Lipinski definition) is 5. The molecule has 0 bridgehead atoms. The van der Waals surface area contributed by atoms with Crippen LogP contribution in [0, 0.1) is 10.1 Å². The van der Waals surface area contributed by atoms with Gasteiger partial charge in [-0.15, -0.1) is 0 Å². The third-order valence-electron chi connectivity index (χ3n) is 2.60. The molecule has 2 aromatic carbocycles. The highest BCUT2D eigenvalue weighted by Gasteiger charge is 2.10. The minimum Gasteiger partial charge on any atom is -0.508 e. The van der Waals surface area contributed by atoms with Crippen LogP contribution in [0.1, 0.15) is 5.56 Å². The van der Waals surface area contributed by atoms with E-state index in [-0.39, 0.29) is 23.7 Å². The largest absolute Gasteiger partial charge is 0.508 e. The highest BCUT2D eigenvalue weighted by molar-refractivity contribution is 5.50. The number of anilines is 1. The Bertz CT molecular complexity index is 613. The molecule has 6 heteroatoms. The lowest BCUT2D eigenvalue weighted by atomic mass is 10.1. The summed E-state index contributed by atoms with van der Waals surface area (Å²) in [7, 11) is 0. The highest BCUT2D eigenvalue weighted by Crippen LogP contribution is 2.24. The fourth-order valence-electron chi connectivity index (χ4n) is 1.64. The zero-order chi connectivity index (χ0) is 13.8. The molecule has 3 N–H and O–H groups in total. The Morgan fingerprint density at radius 3 is 2.63 bits per heavy atom. The minimum absolute atomic E-state index is 0.0155. The van der Waals surface area contributed by atoms with Crippen molar-refractivity contribution in [2.45, 2.75) is 6.54 Å². The topological polar surface area (TPSA) is 95.6 Å². The molecule has 0 atom stereocenters. The summed E-state index contributed by atoms with van der Waals surface area (Å²) in [6, 6.07) is 10.3. The smallest absolute Gasteiger partial charge is 0.270 e. The Labute approximate surface area is 109 Å². The van der Waals surface area contributed by atoms with E-state index < -0.39 is 4.92 Å². The van der Waals surface area contributed by atoms with E-state index in [0.29, 0.717) is 11.3 Å². The lowest BCUT2D eigenvalue weighted by Gasteiger charge is -2.08. The summed E-state index contributed by atoms with van der Waals surface area (Å²) in [5, 5.41) is 32.6.